The molecule has 1 aromatic heterocycles. The molecular formula is C19H25N3O3. The normalized spacial score (nSPS) is 16.4. The fourth-order valence-corrected chi connectivity index (χ4v) is 3.24. The molecule has 0 spiro atoms. The standard InChI is InChI=1S/C19H25N3O3/c23-18(15-19(24)8-2-1-3-9-19)21-16-6-4-7-17(14-16)25-13-12-22-11-5-10-20-22/h4-7,10-11,14,24H,1-3,8-9,12-13,15H2,(H,21,23). The zero-order valence-electron chi connectivity index (χ0n) is 14.4. The van der Waals surface area contributed by atoms with E-state index in [2.05, 4.69) is 10.4 Å². The first-order chi connectivity index (χ1) is 12.1. The van der Waals surface area contributed by atoms with Gasteiger partial charge in [0.2, 0.25) is 5.91 Å². The van der Waals surface area contributed by atoms with E-state index in [0.29, 0.717) is 37.4 Å². The second-order valence-electron chi connectivity index (χ2n) is 6.66. The van der Waals surface area contributed by atoms with E-state index in [1.165, 1.54) is 0 Å². The average molecular weight is 343 g/mol. The predicted molar refractivity (Wildman–Crippen MR) is 95.4 cm³/mol. The van der Waals surface area contributed by atoms with Gasteiger partial charge in [-0.15, -0.1) is 0 Å². The van der Waals surface area contributed by atoms with E-state index in [1.54, 1.807) is 16.9 Å². The van der Waals surface area contributed by atoms with Crippen molar-refractivity contribution >= 4 is 11.6 Å². The maximum absolute atomic E-state index is 12.2. The lowest BCUT2D eigenvalue weighted by molar-refractivity contribution is -0.122. The minimum Gasteiger partial charge on any atom is -0.492 e. The lowest BCUT2D eigenvalue weighted by Gasteiger charge is -2.31. The van der Waals surface area contributed by atoms with Crippen LogP contribution in [0.2, 0.25) is 0 Å². The quantitative estimate of drug-likeness (QED) is 0.810. The molecule has 1 heterocycles. The number of hydrogen-bond donors (Lipinski definition) is 2. The van der Waals surface area contributed by atoms with E-state index in [1.807, 2.05) is 30.5 Å². The number of hydrogen-bond acceptors (Lipinski definition) is 4. The van der Waals surface area contributed by atoms with Crippen molar-refractivity contribution in [3.8, 4) is 5.75 Å². The summed E-state index contributed by atoms with van der Waals surface area (Å²) < 4.78 is 7.51. The van der Waals surface area contributed by atoms with Crippen molar-refractivity contribution in [2.24, 2.45) is 0 Å². The molecule has 0 radical (unpaired) electrons. The number of carbonyl (C=O) groups excluding carboxylic acids is 1. The number of carbonyl (C=O) groups is 1. The van der Waals surface area contributed by atoms with Crippen LogP contribution in [0.5, 0.6) is 5.75 Å². The molecule has 25 heavy (non-hydrogen) atoms. The number of nitrogens with one attached hydrogen (secondary N) is 1. The Morgan fingerprint density at radius 3 is 2.88 bits per heavy atom. The Labute approximate surface area is 147 Å². The molecule has 6 heteroatoms. The molecule has 2 aromatic rings. The molecule has 1 aliphatic rings. The van der Waals surface area contributed by atoms with Crippen LogP contribution in [0.1, 0.15) is 38.5 Å². The number of benzene rings is 1. The molecule has 1 saturated carbocycles. The van der Waals surface area contributed by atoms with Crippen molar-refractivity contribution in [1.29, 1.82) is 0 Å². The third kappa shape index (κ3) is 5.32. The highest BCUT2D eigenvalue weighted by molar-refractivity contribution is 5.91. The summed E-state index contributed by atoms with van der Waals surface area (Å²) in [5, 5.41) is 17.5. The molecule has 0 saturated heterocycles. The van der Waals surface area contributed by atoms with E-state index < -0.39 is 5.60 Å². The number of amides is 1. The molecule has 2 N–H and O–H groups in total. The number of aromatic nitrogens is 2. The number of nitrogens with zero attached hydrogens (tertiary/aromatic N) is 2. The summed E-state index contributed by atoms with van der Waals surface area (Å²) in [6.45, 7) is 1.16. The van der Waals surface area contributed by atoms with Gasteiger partial charge < -0.3 is 15.2 Å². The van der Waals surface area contributed by atoms with Gasteiger partial charge in [0.25, 0.3) is 0 Å². The van der Waals surface area contributed by atoms with E-state index >= 15 is 0 Å². The largest absolute Gasteiger partial charge is 0.492 e. The van der Waals surface area contributed by atoms with Crippen LogP contribution in [0.4, 0.5) is 5.69 Å². The van der Waals surface area contributed by atoms with Crippen LogP contribution in [0, 0.1) is 0 Å². The lowest BCUT2D eigenvalue weighted by Crippen LogP contribution is -2.35. The Balaban J connectivity index is 1.49. The first-order valence-electron chi connectivity index (χ1n) is 8.86. The fraction of sp³-hybridized carbons (Fsp3) is 0.474. The van der Waals surface area contributed by atoms with E-state index in [9.17, 15) is 9.90 Å². The highest BCUT2D eigenvalue weighted by atomic mass is 16.5. The number of anilines is 1. The SMILES string of the molecule is O=C(CC1(O)CCCCC1)Nc1cccc(OCCn2cccn2)c1. The first-order valence-corrected chi connectivity index (χ1v) is 8.86. The molecule has 0 unspecified atom stereocenters. The molecular weight excluding hydrogens is 318 g/mol. The van der Waals surface area contributed by atoms with Crippen LogP contribution in [0.25, 0.3) is 0 Å². The summed E-state index contributed by atoms with van der Waals surface area (Å²) in [6, 6.07) is 9.19. The predicted octanol–water partition coefficient (Wildman–Crippen LogP) is 2.99. The lowest BCUT2D eigenvalue weighted by atomic mass is 9.82. The Morgan fingerprint density at radius 1 is 1.28 bits per heavy atom. The van der Waals surface area contributed by atoms with E-state index in [4.69, 9.17) is 4.74 Å². The summed E-state index contributed by atoms with van der Waals surface area (Å²) >= 11 is 0. The number of aliphatic hydroxyl groups is 1. The molecule has 6 nitrogen and oxygen atoms in total. The smallest absolute Gasteiger partial charge is 0.227 e. The van der Waals surface area contributed by atoms with Gasteiger partial charge in [-0.3, -0.25) is 9.48 Å². The zero-order valence-corrected chi connectivity index (χ0v) is 14.4. The molecule has 1 aliphatic carbocycles. The average Bonchev–Trinajstić information content (AvgIpc) is 3.08. The van der Waals surface area contributed by atoms with E-state index in [0.717, 1.165) is 19.3 Å². The van der Waals surface area contributed by atoms with Crippen LogP contribution < -0.4 is 10.1 Å². The second-order valence-corrected chi connectivity index (χ2v) is 6.66. The molecule has 3 rings (SSSR count). The number of rotatable bonds is 7. The van der Waals surface area contributed by atoms with Gasteiger partial charge in [0.15, 0.2) is 0 Å². The minimum atomic E-state index is -0.847. The van der Waals surface area contributed by atoms with Gasteiger partial charge >= 0.3 is 0 Å². The zero-order chi connectivity index (χ0) is 17.5. The monoisotopic (exact) mass is 343 g/mol. The highest BCUT2D eigenvalue weighted by Crippen LogP contribution is 2.31. The topological polar surface area (TPSA) is 76.4 Å². The second kappa shape index (κ2) is 8.16. The van der Waals surface area contributed by atoms with Crippen molar-refractivity contribution in [3.05, 3.63) is 42.7 Å². The Bertz CT molecular complexity index is 679. The van der Waals surface area contributed by atoms with Gasteiger partial charge in [0.05, 0.1) is 18.6 Å². The van der Waals surface area contributed by atoms with Crippen molar-refractivity contribution in [2.45, 2.75) is 50.7 Å². The maximum Gasteiger partial charge on any atom is 0.227 e. The van der Waals surface area contributed by atoms with Gasteiger partial charge in [-0.05, 0) is 31.0 Å². The summed E-state index contributed by atoms with van der Waals surface area (Å²) in [5.74, 6) is 0.541. The molecule has 0 aliphatic heterocycles. The third-order valence-electron chi connectivity index (χ3n) is 4.54. The van der Waals surface area contributed by atoms with Gasteiger partial charge in [0.1, 0.15) is 12.4 Å². The number of ether oxygens (including phenoxy) is 1. The molecule has 1 amide bonds. The van der Waals surface area contributed by atoms with Gasteiger partial charge in [-0.25, -0.2) is 0 Å². The molecule has 1 aromatic carbocycles. The summed E-state index contributed by atoms with van der Waals surface area (Å²) in [4.78, 5) is 12.2. The van der Waals surface area contributed by atoms with Gasteiger partial charge in [0, 0.05) is 24.1 Å². The van der Waals surface area contributed by atoms with Crippen molar-refractivity contribution in [3.63, 3.8) is 0 Å². The van der Waals surface area contributed by atoms with Crippen LogP contribution in [-0.4, -0.2) is 33.0 Å². The summed E-state index contributed by atoms with van der Waals surface area (Å²) in [6.07, 6.45) is 8.30. The maximum atomic E-state index is 12.2. The molecule has 0 atom stereocenters. The highest BCUT2D eigenvalue weighted by Gasteiger charge is 2.31. The third-order valence-corrected chi connectivity index (χ3v) is 4.54. The molecule has 1 fully saturated rings. The molecule has 0 bridgehead atoms. The summed E-state index contributed by atoms with van der Waals surface area (Å²) in [5.41, 5.74) is -0.166. The molecule has 134 valence electrons. The van der Waals surface area contributed by atoms with Crippen molar-refractivity contribution in [1.82, 2.24) is 9.78 Å². The fourth-order valence-electron chi connectivity index (χ4n) is 3.24. The van der Waals surface area contributed by atoms with Crippen LogP contribution in [0.3, 0.4) is 0 Å². The summed E-state index contributed by atoms with van der Waals surface area (Å²) in [7, 11) is 0. The Hall–Kier alpha value is -2.34. The van der Waals surface area contributed by atoms with Crippen LogP contribution >= 0.6 is 0 Å². The van der Waals surface area contributed by atoms with Crippen molar-refractivity contribution in [2.75, 3.05) is 11.9 Å². The Kier molecular flexibility index (Phi) is 5.71. The van der Waals surface area contributed by atoms with Crippen LogP contribution in [0.15, 0.2) is 42.7 Å². The van der Waals surface area contributed by atoms with Crippen molar-refractivity contribution < 1.29 is 14.6 Å². The van der Waals surface area contributed by atoms with E-state index in [-0.39, 0.29) is 12.3 Å². The van der Waals surface area contributed by atoms with Gasteiger partial charge in [-0.1, -0.05) is 25.3 Å². The minimum absolute atomic E-state index is 0.150. The van der Waals surface area contributed by atoms with Gasteiger partial charge in [-0.2, -0.15) is 5.10 Å². The van der Waals surface area contributed by atoms with Crippen LogP contribution in [-0.2, 0) is 11.3 Å². The first kappa shape index (κ1) is 17.5. The Morgan fingerprint density at radius 2 is 2.12 bits per heavy atom.